The summed E-state index contributed by atoms with van der Waals surface area (Å²) in [6, 6.07) is 38.3. The van der Waals surface area contributed by atoms with E-state index in [2.05, 4.69) is 21.2 Å². The second kappa shape index (κ2) is 16.5. The zero-order valence-corrected chi connectivity index (χ0v) is 29.7. The molecule has 2 amide bonds. The fourth-order valence-electron chi connectivity index (χ4n) is 5.35. The lowest BCUT2D eigenvalue weighted by molar-refractivity contribution is -0.140. The molecule has 1 N–H and O–H groups in total. The number of nitrogens with zero attached hydrogens (tertiary/aromatic N) is 2. The second-order valence-electron chi connectivity index (χ2n) is 11.5. The fraction of sp³-hybridized carbons (Fsp3) is 0.179. The molecule has 0 heterocycles. The first-order valence-electron chi connectivity index (χ1n) is 15.9. The van der Waals surface area contributed by atoms with Crippen molar-refractivity contribution in [1.82, 2.24) is 10.2 Å². The fourth-order valence-corrected chi connectivity index (χ4v) is 7.21. The van der Waals surface area contributed by atoms with Crippen LogP contribution in [-0.2, 0) is 32.6 Å². The molecule has 5 aromatic rings. The van der Waals surface area contributed by atoms with Crippen molar-refractivity contribution in [2.24, 2.45) is 0 Å². The average Bonchev–Trinajstić information content (AvgIpc) is 3.10. The minimum atomic E-state index is -4.23. The van der Waals surface area contributed by atoms with Gasteiger partial charge in [-0.15, -0.1) is 0 Å². The van der Waals surface area contributed by atoms with E-state index in [-0.39, 0.29) is 29.5 Å². The Kier molecular flexibility index (Phi) is 11.9. The molecular weight excluding hydrogens is 702 g/mol. The highest BCUT2D eigenvalue weighted by molar-refractivity contribution is 9.10. The van der Waals surface area contributed by atoms with Crippen LogP contribution < -0.4 is 14.4 Å². The summed E-state index contributed by atoms with van der Waals surface area (Å²) in [6.07, 6.45) is 0.239. The molecule has 0 saturated carbocycles. The van der Waals surface area contributed by atoms with Gasteiger partial charge in [0.1, 0.15) is 24.1 Å². The van der Waals surface area contributed by atoms with Gasteiger partial charge in [0.2, 0.25) is 11.8 Å². The molecule has 0 unspecified atom stereocenters. The van der Waals surface area contributed by atoms with Crippen LogP contribution >= 0.6 is 15.9 Å². The third kappa shape index (κ3) is 9.37. The molecule has 1 atom stereocenters. The average molecular weight is 741 g/mol. The van der Waals surface area contributed by atoms with E-state index < -0.39 is 28.5 Å². The Morgan fingerprint density at radius 3 is 2.02 bits per heavy atom. The number of carbonyl (C=O) groups is 2. The Morgan fingerprint density at radius 1 is 0.776 bits per heavy atom. The molecule has 10 heteroatoms. The Hall–Kier alpha value is -4.93. The van der Waals surface area contributed by atoms with Crippen molar-refractivity contribution in [3.63, 3.8) is 0 Å². The highest BCUT2D eigenvalue weighted by Crippen LogP contribution is 2.29. The van der Waals surface area contributed by atoms with Gasteiger partial charge in [-0.25, -0.2) is 8.42 Å². The van der Waals surface area contributed by atoms with Gasteiger partial charge < -0.3 is 15.0 Å². The van der Waals surface area contributed by atoms with Crippen molar-refractivity contribution >= 4 is 43.5 Å². The molecule has 0 radical (unpaired) electrons. The van der Waals surface area contributed by atoms with Crippen LogP contribution in [0.3, 0.4) is 0 Å². The lowest BCUT2D eigenvalue weighted by Gasteiger charge is -2.34. The van der Waals surface area contributed by atoms with E-state index in [4.69, 9.17) is 4.74 Å². The number of benzene rings is 5. The van der Waals surface area contributed by atoms with Crippen LogP contribution in [0.1, 0.15) is 23.6 Å². The van der Waals surface area contributed by atoms with Gasteiger partial charge in [0.25, 0.3) is 10.0 Å². The van der Waals surface area contributed by atoms with E-state index in [1.165, 1.54) is 17.0 Å². The highest BCUT2D eigenvalue weighted by Gasteiger charge is 2.34. The summed E-state index contributed by atoms with van der Waals surface area (Å²) in [5, 5.41) is 2.88. The smallest absolute Gasteiger partial charge is 0.264 e. The van der Waals surface area contributed by atoms with Gasteiger partial charge in [-0.3, -0.25) is 13.9 Å². The van der Waals surface area contributed by atoms with E-state index in [0.717, 1.165) is 25.5 Å². The van der Waals surface area contributed by atoms with Gasteiger partial charge in [0, 0.05) is 24.0 Å². The molecule has 0 aliphatic rings. The topological polar surface area (TPSA) is 96.0 Å². The van der Waals surface area contributed by atoms with Gasteiger partial charge in [-0.05, 0) is 85.6 Å². The Bertz CT molecular complexity index is 1960. The maximum atomic E-state index is 14.6. The van der Waals surface area contributed by atoms with Gasteiger partial charge >= 0.3 is 0 Å². The number of rotatable bonds is 14. The predicted molar refractivity (Wildman–Crippen MR) is 196 cm³/mol. The number of anilines is 1. The second-order valence-corrected chi connectivity index (χ2v) is 14.3. The third-order valence-electron chi connectivity index (χ3n) is 7.86. The van der Waals surface area contributed by atoms with E-state index in [0.29, 0.717) is 18.0 Å². The minimum Gasteiger partial charge on any atom is -0.457 e. The standard InChI is InChI=1S/C39H38BrN3O5S/c1-3-41-39(45)37(26-30-11-6-4-7-12-30)42(27-31-13-10-14-32(40)25-31)38(44)28-43(49(46,47)36-23-17-29(2)18-24-36)33-19-21-35(22-20-33)48-34-15-8-5-9-16-34/h4-25,37H,3,26-28H2,1-2H3,(H,41,45)/t37-/m0/s1. The molecule has 0 fully saturated rings. The van der Waals surface area contributed by atoms with Gasteiger partial charge in [-0.1, -0.05) is 94.3 Å². The largest absolute Gasteiger partial charge is 0.457 e. The van der Waals surface area contributed by atoms with E-state index in [9.17, 15) is 18.0 Å². The van der Waals surface area contributed by atoms with Crippen molar-refractivity contribution in [2.45, 2.75) is 37.8 Å². The Labute approximate surface area is 296 Å². The SMILES string of the molecule is CCNC(=O)[C@H](Cc1ccccc1)N(Cc1cccc(Br)c1)C(=O)CN(c1ccc(Oc2ccccc2)cc1)S(=O)(=O)c1ccc(C)cc1. The van der Waals surface area contributed by atoms with Crippen molar-refractivity contribution in [2.75, 3.05) is 17.4 Å². The Balaban J connectivity index is 1.55. The molecule has 49 heavy (non-hydrogen) atoms. The number of ether oxygens (including phenoxy) is 1. The number of amides is 2. The number of likely N-dealkylation sites (N-methyl/N-ethyl adjacent to an activating group) is 1. The number of hydrogen-bond donors (Lipinski definition) is 1. The molecule has 0 spiro atoms. The summed E-state index contributed by atoms with van der Waals surface area (Å²) in [6.45, 7) is 3.59. The molecule has 0 aliphatic carbocycles. The molecule has 5 rings (SSSR count). The molecule has 5 aromatic carbocycles. The molecule has 0 saturated heterocycles. The summed E-state index contributed by atoms with van der Waals surface area (Å²) in [5.74, 6) is 0.273. The summed E-state index contributed by atoms with van der Waals surface area (Å²) in [7, 11) is -4.23. The maximum Gasteiger partial charge on any atom is 0.264 e. The van der Waals surface area contributed by atoms with Crippen LogP contribution in [0.15, 0.2) is 143 Å². The quantitative estimate of drug-likeness (QED) is 0.127. The first-order chi connectivity index (χ1) is 23.6. The maximum absolute atomic E-state index is 14.6. The third-order valence-corrected chi connectivity index (χ3v) is 10.1. The van der Waals surface area contributed by atoms with Crippen LogP contribution in [0.2, 0.25) is 0 Å². The number of hydrogen-bond acceptors (Lipinski definition) is 5. The summed E-state index contributed by atoms with van der Waals surface area (Å²) < 4.78 is 36.5. The van der Waals surface area contributed by atoms with Crippen LogP contribution in [-0.4, -0.2) is 44.3 Å². The summed E-state index contributed by atoms with van der Waals surface area (Å²) >= 11 is 3.51. The number of halogens is 1. The lowest BCUT2D eigenvalue weighted by atomic mass is 10.0. The van der Waals surface area contributed by atoms with E-state index in [1.807, 2.05) is 98.8 Å². The molecule has 252 valence electrons. The van der Waals surface area contributed by atoms with Gasteiger partial charge in [0.15, 0.2) is 0 Å². The molecule has 8 nitrogen and oxygen atoms in total. The van der Waals surface area contributed by atoms with Gasteiger partial charge in [-0.2, -0.15) is 0 Å². The van der Waals surface area contributed by atoms with Crippen molar-refractivity contribution in [1.29, 1.82) is 0 Å². The number of carbonyl (C=O) groups excluding carboxylic acids is 2. The van der Waals surface area contributed by atoms with Crippen molar-refractivity contribution < 1.29 is 22.7 Å². The first-order valence-corrected chi connectivity index (χ1v) is 18.2. The zero-order valence-electron chi connectivity index (χ0n) is 27.3. The lowest BCUT2D eigenvalue weighted by Crippen LogP contribution is -2.53. The highest BCUT2D eigenvalue weighted by atomic mass is 79.9. The molecule has 0 aliphatic heterocycles. The summed E-state index contributed by atoms with van der Waals surface area (Å²) in [5.41, 5.74) is 2.81. The molecule has 0 bridgehead atoms. The molecule has 0 aromatic heterocycles. The molecular formula is C39H38BrN3O5S. The monoisotopic (exact) mass is 739 g/mol. The first kappa shape index (κ1) is 35.4. The van der Waals surface area contributed by atoms with Crippen molar-refractivity contribution in [3.05, 3.63) is 155 Å². The summed E-state index contributed by atoms with van der Waals surface area (Å²) in [4.78, 5) is 29.8. The zero-order chi connectivity index (χ0) is 34.8. The van der Waals surface area contributed by atoms with Crippen LogP contribution in [0.5, 0.6) is 11.5 Å². The normalized spacial score (nSPS) is 11.7. The van der Waals surface area contributed by atoms with Crippen LogP contribution in [0.25, 0.3) is 0 Å². The van der Waals surface area contributed by atoms with Crippen LogP contribution in [0.4, 0.5) is 5.69 Å². The number of para-hydroxylation sites is 1. The van der Waals surface area contributed by atoms with E-state index in [1.54, 1.807) is 36.4 Å². The number of aryl methyl sites for hydroxylation is 1. The van der Waals surface area contributed by atoms with E-state index >= 15 is 0 Å². The Morgan fingerprint density at radius 2 is 1.39 bits per heavy atom. The van der Waals surface area contributed by atoms with Crippen LogP contribution in [0, 0.1) is 6.92 Å². The van der Waals surface area contributed by atoms with Gasteiger partial charge in [0.05, 0.1) is 10.6 Å². The van der Waals surface area contributed by atoms with Crippen molar-refractivity contribution in [3.8, 4) is 11.5 Å². The predicted octanol–water partition coefficient (Wildman–Crippen LogP) is 7.52. The number of nitrogens with one attached hydrogen (secondary N) is 1. The minimum absolute atomic E-state index is 0.0404. The number of sulfonamides is 1.